The normalized spacial score (nSPS) is 24.5. The Balaban J connectivity index is 1.98. The van der Waals surface area contributed by atoms with Gasteiger partial charge < -0.3 is 10.2 Å². The molecule has 16 heavy (non-hydrogen) atoms. The minimum Gasteiger partial charge on any atom is -0.315 e. The summed E-state index contributed by atoms with van der Waals surface area (Å²) in [4.78, 5) is 8.01. The number of hydrogen-bond donors (Lipinski definition) is 1. The topological polar surface area (TPSA) is 28.2 Å². The molecule has 2 atom stereocenters. The summed E-state index contributed by atoms with van der Waals surface area (Å²) >= 11 is 3.82. The van der Waals surface area contributed by atoms with E-state index >= 15 is 0 Å². The van der Waals surface area contributed by atoms with Gasteiger partial charge in [-0.25, -0.2) is 0 Å². The third kappa shape index (κ3) is 2.97. The van der Waals surface area contributed by atoms with Crippen LogP contribution in [-0.2, 0) is 6.42 Å². The van der Waals surface area contributed by atoms with E-state index in [0.717, 1.165) is 6.42 Å². The van der Waals surface area contributed by atoms with Gasteiger partial charge in [-0.05, 0) is 14.1 Å². The van der Waals surface area contributed by atoms with Crippen molar-refractivity contribution < 1.29 is 0 Å². The Morgan fingerprint density at radius 1 is 1.69 bits per heavy atom. The highest BCUT2D eigenvalue weighted by atomic mass is 32.2. The molecule has 1 fully saturated rings. The van der Waals surface area contributed by atoms with Crippen LogP contribution in [0.4, 0.5) is 0 Å². The van der Waals surface area contributed by atoms with Gasteiger partial charge in [0.15, 0.2) is 0 Å². The number of likely N-dealkylation sites (N-methyl/N-ethyl adjacent to an activating group) is 2. The van der Waals surface area contributed by atoms with Crippen LogP contribution in [0.3, 0.4) is 0 Å². The van der Waals surface area contributed by atoms with Gasteiger partial charge in [0.1, 0.15) is 0 Å². The first-order valence-corrected chi connectivity index (χ1v) is 7.67. The number of nitrogens with one attached hydrogen (secondary N) is 1. The Bertz CT molecular complexity index is 302. The molecule has 90 valence electrons. The van der Waals surface area contributed by atoms with Crippen LogP contribution in [0.5, 0.6) is 0 Å². The molecule has 5 heteroatoms. The van der Waals surface area contributed by atoms with Gasteiger partial charge in [0, 0.05) is 47.6 Å². The van der Waals surface area contributed by atoms with E-state index in [1.807, 2.05) is 11.7 Å². The van der Waals surface area contributed by atoms with Crippen molar-refractivity contribution >= 4 is 23.1 Å². The number of hydrogen-bond acceptors (Lipinski definition) is 5. The van der Waals surface area contributed by atoms with E-state index in [4.69, 9.17) is 0 Å². The van der Waals surface area contributed by atoms with Crippen molar-refractivity contribution in [2.24, 2.45) is 0 Å². The van der Waals surface area contributed by atoms with Crippen LogP contribution in [0, 0.1) is 0 Å². The second kappa shape index (κ2) is 6.00. The molecule has 2 heterocycles. The summed E-state index contributed by atoms with van der Waals surface area (Å²) < 4.78 is 0. The summed E-state index contributed by atoms with van der Waals surface area (Å²) in [6, 6.07) is 1.18. The monoisotopic (exact) mass is 257 g/mol. The van der Waals surface area contributed by atoms with E-state index in [1.165, 1.54) is 22.9 Å². The molecule has 3 nitrogen and oxygen atoms in total. The Hall–Kier alpha value is -0.100. The minimum absolute atomic E-state index is 0.540. The SMILES string of the molecule is CNC(Cc1cncs1)C1CSCCN1C. The predicted octanol–water partition coefficient (Wildman–Crippen LogP) is 1.32. The van der Waals surface area contributed by atoms with Crippen molar-refractivity contribution in [2.75, 3.05) is 32.1 Å². The van der Waals surface area contributed by atoms with Gasteiger partial charge in [0.2, 0.25) is 0 Å². The van der Waals surface area contributed by atoms with Crippen LogP contribution in [0.1, 0.15) is 4.88 Å². The average molecular weight is 257 g/mol. The highest BCUT2D eigenvalue weighted by Crippen LogP contribution is 2.20. The van der Waals surface area contributed by atoms with E-state index in [1.54, 1.807) is 11.3 Å². The Morgan fingerprint density at radius 3 is 3.19 bits per heavy atom. The first kappa shape index (κ1) is 12.4. The molecule has 1 aliphatic rings. The predicted molar refractivity (Wildman–Crippen MR) is 72.4 cm³/mol. The zero-order chi connectivity index (χ0) is 11.4. The quantitative estimate of drug-likeness (QED) is 0.880. The number of rotatable bonds is 4. The third-order valence-corrected chi connectivity index (χ3v) is 5.03. The minimum atomic E-state index is 0.540. The lowest BCUT2D eigenvalue weighted by Gasteiger charge is -2.37. The fourth-order valence-corrected chi connectivity index (χ4v) is 4.09. The van der Waals surface area contributed by atoms with Gasteiger partial charge in [-0.3, -0.25) is 4.98 Å². The lowest BCUT2D eigenvalue weighted by molar-refractivity contribution is 0.219. The van der Waals surface area contributed by atoms with Crippen molar-refractivity contribution in [2.45, 2.75) is 18.5 Å². The molecule has 1 aromatic rings. The molecular weight excluding hydrogens is 238 g/mol. The van der Waals surface area contributed by atoms with Gasteiger partial charge >= 0.3 is 0 Å². The second-order valence-corrected chi connectivity index (χ2v) is 6.31. The Kier molecular flexibility index (Phi) is 4.64. The number of nitrogens with zero attached hydrogens (tertiary/aromatic N) is 2. The maximum atomic E-state index is 4.15. The van der Waals surface area contributed by atoms with Crippen molar-refractivity contribution in [3.63, 3.8) is 0 Å². The van der Waals surface area contributed by atoms with Gasteiger partial charge in [-0.2, -0.15) is 11.8 Å². The van der Waals surface area contributed by atoms with Gasteiger partial charge in [0.05, 0.1) is 5.51 Å². The lowest BCUT2D eigenvalue weighted by Crippen LogP contribution is -2.52. The summed E-state index contributed by atoms with van der Waals surface area (Å²) in [5.74, 6) is 2.50. The van der Waals surface area contributed by atoms with Gasteiger partial charge in [-0.1, -0.05) is 0 Å². The van der Waals surface area contributed by atoms with Crippen LogP contribution in [0.25, 0.3) is 0 Å². The van der Waals surface area contributed by atoms with Crippen molar-refractivity contribution in [3.8, 4) is 0 Å². The molecule has 0 radical (unpaired) electrons. The maximum absolute atomic E-state index is 4.15. The van der Waals surface area contributed by atoms with Crippen LogP contribution in [0.2, 0.25) is 0 Å². The third-order valence-electron chi connectivity index (χ3n) is 3.18. The van der Waals surface area contributed by atoms with E-state index in [-0.39, 0.29) is 0 Å². The molecule has 0 aliphatic carbocycles. The smallest absolute Gasteiger partial charge is 0.0794 e. The largest absolute Gasteiger partial charge is 0.315 e. The van der Waals surface area contributed by atoms with Crippen LogP contribution >= 0.6 is 23.1 Å². The van der Waals surface area contributed by atoms with Crippen molar-refractivity contribution in [1.29, 1.82) is 0 Å². The fourth-order valence-electron chi connectivity index (χ4n) is 2.12. The molecule has 0 spiro atoms. The second-order valence-electron chi connectivity index (χ2n) is 4.19. The van der Waals surface area contributed by atoms with E-state index in [2.05, 4.69) is 41.1 Å². The zero-order valence-electron chi connectivity index (χ0n) is 9.85. The molecule has 0 amide bonds. The highest BCUT2D eigenvalue weighted by molar-refractivity contribution is 7.99. The fraction of sp³-hybridized carbons (Fsp3) is 0.727. The van der Waals surface area contributed by atoms with Crippen LogP contribution in [-0.4, -0.2) is 54.1 Å². The average Bonchev–Trinajstić information content (AvgIpc) is 2.80. The van der Waals surface area contributed by atoms with Crippen molar-refractivity contribution in [1.82, 2.24) is 15.2 Å². The molecule has 1 saturated heterocycles. The van der Waals surface area contributed by atoms with Crippen LogP contribution < -0.4 is 5.32 Å². The Morgan fingerprint density at radius 2 is 2.56 bits per heavy atom. The van der Waals surface area contributed by atoms with E-state index < -0.39 is 0 Å². The number of thioether (sulfide) groups is 1. The first-order chi connectivity index (χ1) is 7.81. The van der Waals surface area contributed by atoms with Crippen molar-refractivity contribution in [3.05, 3.63) is 16.6 Å². The standard InChI is InChI=1S/C11H19N3S2/c1-12-10(5-9-6-13-8-16-9)11-7-15-4-3-14(11)2/h6,8,10-12H,3-5,7H2,1-2H3. The highest BCUT2D eigenvalue weighted by Gasteiger charge is 2.27. The molecule has 0 aromatic carbocycles. The summed E-state index contributed by atoms with van der Waals surface area (Å²) in [6.07, 6.45) is 3.09. The Labute approximate surface area is 106 Å². The lowest BCUT2D eigenvalue weighted by atomic mass is 10.0. The van der Waals surface area contributed by atoms with Gasteiger partial charge in [0.25, 0.3) is 0 Å². The molecule has 0 bridgehead atoms. The molecular formula is C11H19N3S2. The summed E-state index contributed by atoms with van der Waals surface area (Å²) in [7, 11) is 4.31. The maximum Gasteiger partial charge on any atom is 0.0794 e. The first-order valence-electron chi connectivity index (χ1n) is 5.64. The van der Waals surface area contributed by atoms with E-state index in [0.29, 0.717) is 12.1 Å². The molecule has 1 N–H and O–H groups in total. The summed E-state index contributed by atoms with van der Waals surface area (Å²) in [6.45, 7) is 1.20. The molecule has 0 saturated carbocycles. The van der Waals surface area contributed by atoms with E-state index in [9.17, 15) is 0 Å². The number of thiazole rings is 1. The van der Waals surface area contributed by atoms with Gasteiger partial charge in [-0.15, -0.1) is 11.3 Å². The molecule has 1 aromatic heterocycles. The zero-order valence-corrected chi connectivity index (χ0v) is 11.5. The summed E-state index contributed by atoms with van der Waals surface area (Å²) in [5, 5.41) is 3.46. The summed E-state index contributed by atoms with van der Waals surface area (Å²) in [5.41, 5.74) is 1.92. The molecule has 2 unspecified atom stereocenters. The number of aromatic nitrogens is 1. The molecule has 1 aliphatic heterocycles. The molecule has 2 rings (SSSR count). The van der Waals surface area contributed by atoms with Crippen LogP contribution in [0.15, 0.2) is 11.7 Å².